The number of aromatic nitrogens is 2. The van der Waals surface area contributed by atoms with Crippen LogP contribution in [-0.2, 0) is 4.74 Å². The lowest BCUT2D eigenvalue weighted by Gasteiger charge is -2.19. The molecule has 4 rings (SSSR count). The molecule has 0 saturated carbocycles. The van der Waals surface area contributed by atoms with E-state index in [2.05, 4.69) is 11.1 Å². The van der Waals surface area contributed by atoms with Crippen molar-refractivity contribution in [2.75, 3.05) is 31.8 Å². The molecule has 29 heavy (non-hydrogen) atoms. The van der Waals surface area contributed by atoms with Crippen LogP contribution in [0.4, 0.5) is 0 Å². The van der Waals surface area contributed by atoms with Gasteiger partial charge in [0.1, 0.15) is 5.75 Å². The van der Waals surface area contributed by atoms with Crippen molar-refractivity contribution < 1.29 is 14.3 Å². The van der Waals surface area contributed by atoms with Gasteiger partial charge in [-0.05, 0) is 61.7 Å². The quantitative estimate of drug-likeness (QED) is 0.592. The van der Waals surface area contributed by atoms with Crippen LogP contribution in [0.25, 0.3) is 23.1 Å². The smallest absolute Gasteiger partial charge is 0.338 e. The molecule has 0 spiro atoms. The standard InChI is InChI=1S/C23H25N3O3/c1-3-29-23(27)18-10-11-21-20(16-18)22(26(24-21)25-13-4-5-14-25)12-9-17-7-6-8-19(15-17)28-2/h6-12,15-16H,3-5,13-14H2,1-2H3/b12-9+. The lowest BCUT2D eigenvalue weighted by molar-refractivity contribution is 0.0526. The number of hydrogen-bond acceptors (Lipinski definition) is 5. The topological polar surface area (TPSA) is 56.6 Å². The van der Waals surface area contributed by atoms with Crippen LogP contribution >= 0.6 is 0 Å². The summed E-state index contributed by atoms with van der Waals surface area (Å²) in [6.07, 6.45) is 6.41. The Morgan fingerprint density at radius 1 is 1.14 bits per heavy atom. The van der Waals surface area contributed by atoms with E-state index >= 15 is 0 Å². The van der Waals surface area contributed by atoms with E-state index in [1.54, 1.807) is 13.2 Å². The first kappa shape index (κ1) is 19.1. The van der Waals surface area contributed by atoms with E-state index in [1.807, 2.05) is 54.2 Å². The number of nitrogens with zero attached hydrogens (tertiary/aromatic N) is 3. The van der Waals surface area contributed by atoms with Gasteiger partial charge >= 0.3 is 5.97 Å². The molecule has 0 bridgehead atoms. The number of methoxy groups -OCH3 is 1. The molecule has 0 amide bonds. The van der Waals surface area contributed by atoms with Crippen LogP contribution in [0.15, 0.2) is 42.5 Å². The second kappa shape index (κ2) is 8.39. The highest BCUT2D eigenvalue weighted by molar-refractivity contribution is 5.97. The summed E-state index contributed by atoms with van der Waals surface area (Å²) in [7, 11) is 1.66. The molecule has 1 aliphatic heterocycles. The zero-order valence-corrected chi connectivity index (χ0v) is 16.8. The zero-order chi connectivity index (χ0) is 20.2. The first-order valence-corrected chi connectivity index (χ1v) is 9.97. The average molecular weight is 391 g/mol. The number of hydrogen-bond donors (Lipinski definition) is 0. The fourth-order valence-corrected chi connectivity index (χ4v) is 3.62. The van der Waals surface area contributed by atoms with Crippen molar-refractivity contribution in [1.82, 2.24) is 9.89 Å². The van der Waals surface area contributed by atoms with Crippen molar-refractivity contribution in [3.63, 3.8) is 0 Å². The highest BCUT2D eigenvalue weighted by Gasteiger charge is 2.19. The second-order valence-corrected chi connectivity index (χ2v) is 7.00. The molecular weight excluding hydrogens is 366 g/mol. The fraction of sp³-hybridized carbons (Fsp3) is 0.304. The molecule has 1 saturated heterocycles. The minimum atomic E-state index is -0.314. The van der Waals surface area contributed by atoms with E-state index in [-0.39, 0.29) is 5.97 Å². The molecule has 6 nitrogen and oxygen atoms in total. The van der Waals surface area contributed by atoms with Crippen molar-refractivity contribution in [2.45, 2.75) is 19.8 Å². The van der Waals surface area contributed by atoms with Crippen LogP contribution < -0.4 is 9.75 Å². The molecule has 150 valence electrons. The molecular formula is C23H25N3O3. The average Bonchev–Trinajstić information content (AvgIpc) is 3.40. The van der Waals surface area contributed by atoms with Gasteiger partial charge in [-0.15, -0.1) is 0 Å². The van der Waals surface area contributed by atoms with Gasteiger partial charge in [0.2, 0.25) is 0 Å². The van der Waals surface area contributed by atoms with Crippen LogP contribution in [0.3, 0.4) is 0 Å². The highest BCUT2D eigenvalue weighted by atomic mass is 16.5. The lowest BCUT2D eigenvalue weighted by Crippen LogP contribution is -2.33. The molecule has 6 heteroatoms. The van der Waals surface area contributed by atoms with Crippen molar-refractivity contribution >= 4 is 29.0 Å². The minimum absolute atomic E-state index is 0.314. The number of carbonyl (C=O) groups is 1. The summed E-state index contributed by atoms with van der Waals surface area (Å²) in [5.41, 5.74) is 3.38. The summed E-state index contributed by atoms with van der Waals surface area (Å²) >= 11 is 0. The Bertz CT molecular complexity index is 1050. The molecule has 2 heterocycles. The predicted octanol–water partition coefficient (Wildman–Crippen LogP) is 4.12. The van der Waals surface area contributed by atoms with Gasteiger partial charge in [0.25, 0.3) is 0 Å². The molecule has 2 aromatic carbocycles. The van der Waals surface area contributed by atoms with Crippen molar-refractivity contribution in [3.8, 4) is 5.75 Å². The summed E-state index contributed by atoms with van der Waals surface area (Å²) in [4.78, 5) is 14.2. The first-order chi connectivity index (χ1) is 14.2. The zero-order valence-electron chi connectivity index (χ0n) is 16.8. The van der Waals surface area contributed by atoms with Gasteiger partial charge in [-0.3, -0.25) is 5.01 Å². The summed E-state index contributed by atoms with van der Waals surface area (Å²) in [5.74, 6) is 0.501. The number of rotatable bonds is 6. The maximum atomic E-state index is 12.2. The SMILES string of the molecule is CCOC(=O)c1ccc2nn(N3CCCC3)c(/C=C/c3cccc(OC)c3)c2c1. The molecule has 0 unspecified atom stereocenters. The third-order valence-electron chi connectivity index (χ3n) is 5.08. The Balaban J connectivity index is 1.79. The highest BCUT2D eigenvalue weighted by Crippen LogP contribution is 2.25. The molecule has 0 atom stereocenters. The van der Waals surface area contributed by atoms with Crippen LogP contribution in [0.5, 0.6) is 5.75 Å². The van der Waals surface area contributed by atoms with Crippen LogP contribution in [-0.4, -0.2) is 42.7 Å². The monoisotopic (exact) mass is 391 g/mol. The Morgan fingerprint density at radius 3 is 2.72 bits per heavy atom. The maximum Gasteiger partial charge on any atom is 0.338 e. The first-order valence-electron chi connectivity index (χ1n) is 9.97. The molecule has 1 aliphatic rings. The maximum absolute atomic E-state index is 12.2. The lowest BCUT2D eigenvalue weighted by atomic mass is 10.1. The van der Waals surface area contributed by atoms with Crippen LogP contribution in [0, 0.1) is 0 Å². The molecule has 1 fully saturated rings. The Labute approximate surface area is 170 Å². The van der Waals surface area contributed by atoms with Crippen molar-refractivity contribution in [3.05, 3.63) is 59.3 Å². The third kappa shape index (κ3) is 3.97. The number of carbonyl (C=O) groups excluding carboxylic acids is 1. The largest absolute Gasteiger partial charge is 0.497 e. The van der Waals surface area contributed by atoms with Crippen molar-refractivity contribution in [2.24, 2.45) is 0 Å². The third-order valence-corrected chi connectivity index (χ3v) is 5.08. The number of benzene rings is 2. The van der Waals surface area contributed by atoms with Gasteiger partial charge in [-0.1, -0.05) is 18.2 Å². The van der Waals surface area contributed by atoms with Gasteiger partial charge in [-0.25, -0.2) is 4.79 Å². The summed E-state index contributed by atoms with van der Waals surface area (Å²) in [6.45, 7) is 4.11. The number of fused-ring (bicyclic) bond motifs is 1. The summed E-state index contributed by atoms with van der Waals surface area (Å²) in [6, 6.07) is 13.4. The normalized spacial score (nSPS) is 14.1. The van der Waals surface area contributed by atoms with Gasteiger partial charge in [0, 0.05) is 18.5 Å². The van der Waals surface area contributed by atoms with E-state index in [9.17, 15) is 4.79 Å². The molecule has 3 aromatic rings. The van der Waals surface area contributed by atoms with E-state index in [4.69, 9.17) is 14.6 Å². The van der Waals surface area contributed by atoms with Crippen molar-refractivity contribution in [1.29, 1.82) is 0 Å². The summed E-state index contributed by atoms with van der Waals surface area (Å²) < 4.78 is 10.5. The van der Waals surface area contributed by atoms with E-state index < -0.39 is 0 Å². The molecule has 0 N–H and O–H groups in total. The Morgan fingerprint density at radius 2 is 1.97 bits per heavy atom. The van der Waals surface area contributed by atoms with Crippen LogP contribution in [0.1, 0.15) is 41.4 Å². The van der Waals surface area contributed by atoms with Gasteiger partial charge < -0.3 is 9.47 Å². The van der Waals surface area contributed by atoms with E-state index in [0.717, 1.165) is 53.8 Å². The van der Waals surface area contributed by atoms with E-state index in [0.29, 0.717) is 12.2 Å². The predicted molar refractivity (Wildman–Crippen MR) is 115 cm³/mol. The van der Waals surface area contributed by atoms with Crippen LogP contribution in [0.2, 0.25) is 0 Å². The number of esters is 1. The van der Waals surface area contributed by atoms with Gasteiger partial charge in [0.15, 0.2) is 0 Å². The molecule has 1 aromatic heterocycles. The second-order valence-electron chi connectivity index (χ2n) is 7.00. The minimum Gasteiger partial charge on any atom is -0.497 e. The molecule has 0 radical (unpaired) electrons. The molecule has 0 aliphatic carbocycles. The number of ether oxygens (including phenoxy) is 2. The summed E-state index contributed by atoms with van der Waals surface area (Å²) in [5, 5.41) is 7.98. The van der Waals surface area contributed by atoms with Gasteiger partial charge in [0.05, 0.1) is 30.5 Å². The van der Waals surface area contributed by atoms with E-state index in [1.165, 1.54) is 0 Å². The van der Waals surface area contributed by atoms with Gasteiger partial charge in [-0.2, -0.15) is 9.89 Å². The Kier molecular flexibility index (Phi) is 5.51. The Hall–Kier alpha value is -3.28. The fourth-order valence-electron chi connectivity index (χ4n) is 3.62.